The second-order valence-corrected chi connectivity index (χ2v) is 9.18. The van der Waals surface area contributed by atoms with Crippen molar-refractivity contribution < 1.29 is 14.0 Å². The number of piperazine rings is 1. The van der Waals surface area contributed by atoms with Crippen molar-refractivity contribution in [1.82, 2.24) is 20.0 Å². The maximum Gasteiger partial charge on any atom is 0.257 e. The number of nitrogens with zero attached hydrogens (tertiary/aromatic N) is 5. The van der Waals surface area contributed by atoms with Crippen LogP contribution in [0.3, 0.4) is 0 Å². The standard InChI is InChI=1S/C28H32FN5O2/c1-4-21(3)34(28(36)23-7-5-6-8-24(23)29)19-27(35)33-17-15-32(16-18-33)26-14-13-25(30-31-26)22-11-9-20(2)10-12-22/h5-14,21H,4,15-19H2,1-3H3/t21-/m1/s1. The Morgan fingerprint density at radius 1 is 0.972 bits per heavy atom. The van der Waals surface area contributed by atoms with Crippen LogP contribution in [0.1, 0.15) is 36.2 Å². The van der Waals surface area contributed by atoms with Crippen LogP contribution >= 0.6 is 0 Å². The van der Waals surface area contributed by atoms with Crippen LogP contribution in [0.4, 0.5) is 10.2 Å². The molecule has 1 atom stereocenters. The Labute approximate surface area is 211 Å². The van der Waals surface area contributed by atoms with Crippen LogP contribution in [0, 0.1) is 12.7 Å². The highest BCUT2D eigenvalue weighted by Gasteiger charge is 2.29. The zero-order chi connectivity index (χ0) is 25.7. The number of hydrogen-bond acceptors (Lipinski definition) is 5. The summed E-state index contributed by atoms with van der Waals surface area (Å²) in [5.41, 5.74) is 3.02. The minimum Gasteiger partial charge on any atom is -0.352 e. The molecule has 1 saturated heterocycles. The Balaban J connectivity index is 1.37. The van der Waals surface area contributed by atoms with Gasteiger partial charge in [-0.3, -0.25) is 9.59 Å². The number of rotatable bonds is 7. The predicted molar refractivity (Wildman–Crippen MR) is 138 cm³/mol. The summed E-state index contributed by atoms with van der Waals surface area (Å²) < 4.78 is 14.2. The van der Waals surface area contributed by atoms with Crippen LogP contribution in [0.2, 0.25) is 0 Å². The highest BCUT2D eigenvalue weighted by atomic mass is 19.1. The van der Waals surface area contributed by atoms with Gasteiger partial charge in [-0.15, -0.1) is 10.2 Å². The van der Waals surface area contributed by atoms with Crippen LogP contribution in [-0.4, -0.2) is 70.6 Å². The summed E-state index contributed by atoms with van der Waals surface area (Å²) in [6.45, 7) is 8.07. The van der Waals surface area contributed by atoms with Gasteiger partial charge in [-0.2, -0.15) is 0 Å². The molecule has 2 heterocycles. The summed E-state index contributed by atoms with van der Waals surface area (Å²) >= 11 is 0. The molecule has 36 heavy (non-hydrogen) atoms. The number of aromatic nitrogens is 2. The van der Waals surface area contributed by atoms with Crippen molar-refractivity contribution in [2.75, 3.05) is 37.6 Å². The van der Waals surface area contributed by atoms with Gasteiger partial charge < -0.3 is 14.7 Å². The van der Waals surface area contributed by atoms with Crippen LogP contribution < -0.4 is 4.90 Å². The van der Waals surface area contributed by atoms with Gasteiger partial charge in [0, 0.05) is 37.8 Å². The Morgan fingerprint density at radius 2 is 1.67 bits per heavy atom. The molecule has 2 amide bonds. The molecule has 1 fully saturated rings. The Bertz CT molecular complexity index is 1190. The lowest BCUT2D eigenvalue weighted by Crippen LogP contribution is -2.53. The van der Waals surface area contributed by atoms with Gasteiger partial charge in [0.2, 0.25) is 5.91 Å². The average molecular weight is 490 g/mol. The third kappa shape index (κ3) is 5.70. The lowest BCUT2D eigenvalue weighted by molar-refractivity contribution is -0.132. The summed E-state index contributed by atoms with van der Waals surface area (Å²) in [4.78, 5) is 31.5. The van der Waals surface area contributed by atoms with E-state index < -0.39 is 11.7 Å². The largest absolute Gasteiger partial charge is 0.352 e. The second kappa shape index (κ2) is 11.3. The number of aryl methyl sites for hydroxylation is 1. The molecule has 3 aromatic rings. The second-order valence-electron chi connectivity index (χ2n) is 9.18. The fraction of sp³-hybridized carbons (Fsp3) is 0.357. The summed E-state index contributed by atoms with van der Waals surface area (Å²) in [5, 5.41) is 8.79. The average Bonchev–Trinajstić information content (AvgIpc) is 2.92. The predicted octanol–water partition coefficient (Wildman–Crippen LogP) is 4.18. The quantitative estimate of drug-likeness (QED) is 0.498. The molecule has 1 aromatic heterocycles. The molecule has 188 valence electrons. The maximum atomic E-state index is 14.2. The molecule has 1 aliphatic heterocycles. The molecule has 7 nitrogen and oxygen atoms in total. The van der Waals surface area contributed by atoms with Crippen molar-refractivity contribution in [2.24, 2.45) is 0 Å². The fourth-order valence-corrected chi connectivity index (χ4v) is 4.24. The van der Waals surface area contributed by atoms with E-state index in [-0.39, 0.29) is 24.1 Å². The summed E-state index contributed by atoms with van der Waals surface area (Å²) in [5.74, 6) is -0.404. The normalized spacial score (nSPS) is 14.4. The first kappa shape index (κ1) is 25.3. The molecule has 0 aliphatic carbocycles. The van der Waals surface area contributed by atoms with Gasteiger partial charge in [0.1, 0.15) is 12.4 Å². The number of hydrogen-bond donors (Lipinski definition) is 0. The van der Waals surface area contributed by atoms with Gasteiger partial charge in [-0.25, -0.2) is 4.39 Å². The molecule has 0 spiro atoms. The first-order valence-corrected chi connectivity index (χ1v) is 12.4. The molecule has 8 heteroatoms. The lowest BCUT2D eigenvalue weighted by Gasteiger charge is -2.37. The molecule has 0 unspecified atom stereocenters. The number of benzene rings is 2. The molecule has 2 aromatic carbocycles. The minimum absolute atomic E-state index is 0.0110. The van der Waals surface area contributed by atoms with E-state index in [0.29, 0.717) is 32.6 Å². The van der Waals surface area contributed by atoms with Crippen LogP contribution in [-0.2, 0) is 4.79 Å². The third-order valence-electron chi connectivity index (χ3n) is 6.75. The molecular formula is C28H32FN5O2. The SMILES string of the molecule is CC[C@@H](C)N(CC(=O)N1CCN(c2ccc(-c3ccc(C)cc3)nn2)CC1)C(=O)c1ccccc1F. The lowest BCUT2D eigenvalue weighted by atomic mass is 10.1. The summed E-state index contributed by atoms with van der Waals surface area (Å²) in [6.07, 6.45) is 0.665. The maximum absolute atomic E-state index is 14.2. The van der Waals surface area contributed by atoms with Gasteiger partial charge in [0.15, 0.2) is 5.82 Å². The number of carbonyl (C=O) groups excluding carboxylic acids is 2. The highest BCUT2D eigenvalue weighted by Crippen LogP contribution is 2.20. The van der Waals surface area contributed by atoms with E-state index in [9.17, 15) is 14.0 Å². The molecule has 0 N–H and O–H groups in total. The number of carbonyl (C=O) groups is 2. The number of halogens is 1. The molecular weight excluding hydrogens is 457 g/mol. The van der Waals surface area contributed by atoms with Crippen molar-refractivity contribution in [3.8, 4) is 11.3 Å². The van der Waals surface area contributed by atoms with Gasteiger partial charge >= 0.3 is 0 Å². The number of amides is 2. The molecule has 0 radical (unpaired) electrons. The molecule has 0 saturated carbocycles. The van der Waals surface area contributed by atoms with E-state index in [1.165, 1.54) is 22.6 Å². The van der Waals surface area contributed by atoms with E-state index in [0.717, 1.165) is 17.1 Å². The minimum atomic E-state index is -0.577. The van der Waals surface area contributed by atoms with E-state index >= 15 is 0 Å². The van der Waals surface area contributed by atoms with Crippen molar-refractivity contribution in [3.63, 3.8) is 0 Å². The van der Waals surface area contributed by atoms with Gasteiger partial charge in [-0.1, -0.05) is 48.9 Å². The van der Waals surface area contributed by atoms with Crippen molar-refractivity contribution in [2.45, 2.75) is 33.2 Å². The Hall–Kier alpha value is -3.81. The Morgan fingerprint density at radius 3 is 2.28 bits per heavy atom. The zero-order valence-corrected chi connectivity index (χ0v) is 21.0. The highest BCUT2D eigenvalue weighted by molar-refractivity contribution is 5.97. The van der Waals surface area contributed by atoms with Crippen molar-refractivity contribution in [3.05, 3.63) is 77.6 Å². The third-order valence-corrected chi connectivity index (χ3v) is 6.75. The van der Waals surface area contributed by atoms with E-state index in [1.807, 2.05) is 57.2 Å². The number of anilines is 1. The Kier molecular flexibility index (Phi) is 7.93. The molecule has 0 bridgehead atoms. The van der Waals surface area contributed by atoms with Gasteiger partial charge in [-0.05, 0) is 44.5 Å². The molecule has 1 aliphatic rings. The van der Waals surface area contributed by atoms with Crippen molar-refractivity contribution in [1.29, 1.82) is 0 Å². The fourth-order valence-electron chi connectivity index (χ4n) is 4.24. The topological polar surface area (TPSA) is 69.6 Å². The summed E-state index contributed by atoms with van der Waals surface area (Å²) in [6, 6.07) is 17.8. The van der Waals surface area contributed by atoms with Crippen LogP contribution in [0.5, 0.6) is 0 Å². The van der Waals surface area contributed by atoms with E-state index in [2.05, 4.69) is 15.1 Å². The van der Waals surface area contributed by atoms with Gasteiger partial charge in [0.05, 0.1) is 11.3 Å². The van der Waals surface area contributed by atoms with Crippen LogP contribution in [0.15, 0.2) is 60.7 Å². The monoisotopic (exact) mass is 489 g/mol. The van der Waals surface area contributed by atoms with E-state index in [4.69, 9.17) is 0 Å². The smallest absolute Gasteiger partial charge is 0.257 e. The zero-order valence-electron chi connectivity index (χ0n) is 21.0. The first-order valence-electron chi connectivity index (χ1n) is 12.4. The van der Waals surface area contributed by atoms with Crippen molar-refractivity contribution >= 4 is 17.6 Å². The molecule has 4 rings (SSSR count). The van der Waals surface area contributed by atoms with Crippen LogP contribution in [0.25, 0.3) is 11.3 Å². The van der Waals surface area contributed by atoms with Gasteiger partial charge in [0.25, 0.3) is 5.91 Å². The first-order chi connectivity index (χ1) is 17.4. The van der Waals surface area contributed by atoms with E-state index in [1.54, 1.807) is 17.0 Å². The summed E-state index contributed by atoms with van der Waals surface area (Å²) in [7, 11) is 0.